The van der Waals surface area contributed by atoms with Gasteiger partial charge in [-0.25, -0.2) is 0 Å². The summed E-state index contributed by atoms with van der Waals surface area (Å²) in [7, 11) is 1.71. The summed E-state index contributed by atoms with van der Waals surface area (Å²) in [6.45, 7) is 9.83. The van der Waals surface area contributed by atoms with Gasteiger partial charge in [0, 0.05) is 11.5 Å². The van der Waals surface area contributed by atoms with E-state index in [9.17, 15) is 0 Å². The molecule has 1 aliphatic heterocycles. The topological polar surface area (TPSA) is 21.3 Å². The monoisotopic (exact) mass is 245 g/mol. The molecule has 1 atom stereocenters. The number of piperidine rings is 1. The van der Waals surface area contributed by atoms with Crippen LogP contribution in [0.15, 0.2) is 36.4 Å². The first-order valence-corrected chi connectivity index (χ1v) is 6.58. The van der Waals surface area contributed by atoms with E-state index in [4.69, 9.17) is 4.74 Å². The van der Waals surface area contributed by atoms with Gasteiger partial charge in [0.2, 0.25) is 0 Å². The number of hydrogen-bond donors (Lipinski definition) is 1. The van der Waals surface area contributed by atoms with Crippen molar-refractivity contribution in [2.75, 3.05) is 13.7 Å². The third kappa shape index (κ3) is 2.59. The van der Waals surface area contributed by atoms with Gasteiger partial charge in [0.05, 0.1) is 7.11 Å². The molecule has 1 saturated heterocycles. The van der Waals surface area contributed by atoms with Crippen molar-refractivity contribution in [3.8, 4) is 5.75 Å². The average Bonchev–Trinajstić information content (AvgIpc) is 2.36. The highest BCUT2D eigenvalue weighted by Gasteiger charge is 2.34. The van der Waals surface area contributed by atoms with E-state index in [1.165, 1.54) is 11.1 Å². The Morgan fingerprint density at radius 2 is 2.22 bits per heavy atom. The van der Waals surface area contributed by atoms with Crippen LogP contribution in [-0.4, -0.2) is 19.7 Å². The number of hydrogen-bond acceptors (Lipinski definition) is 2. The summed E-state index contributed by atoms with van der Waals surface area (Å²) in [5, 5.41) is 3.62. The Morgan fingerprint density at radius 1 is 1.44 bits per heavy atom. The Hall–Kier alpha value is -1.28. The van der Waals surface area contributed by atoms with Gasteiger partial charge in [-0.05, 0) is 37.1 Å². The fourth-order valence-electron chi connectivity index (χ4n) is 2.58. The molecule has 0 aromatic heterocycles. The van der Waals surface area contributed by atoms with Crippen molar-refractivity contribution in [2.24, 2.45) is 5.41 Å². The Morgan fingerprint density at radius 3 is 2.94 bits per heavy atom. The van der Waals surface area contributed by atoms with Gasteiger partial charge in [-0.2, -0.15) is 0 Å². The van der Waals surface area contributed by atoms with Crippen molar-refractivity contribution in [1.29, 1.82) is 0 Å². The maximum atomic E-state index is 5.28. The van der Waals surface area contributed by atoms with Crippen molar-refractivity contribution in [1.82, 2.24) is 5.32 Å². The lowest BCUT2D eigenvalue weighted by molar-refractivity contribution is 0.251. The molecule has 2 heteroatoms. The third-order valence-corrected chi connectivity index (χ3v) is 4.17. The fraction of sp³-hybridized carbons (Fsp3) is 0.500. The number of methoxy groups -OCH3 is 1. The van der Waals surface area contributed by atoms with Crippen molar-refractivity contribution < 1.29 is 4.74 Å². The number of rotatable bonds is 3. The minimum absolute atomic E-state index is 0.154. The molecule has 0 spiro atoms. The number of ether oxygens (including phenoxy) is 1. The largest absolute Gasteiger partial charge is 0.497 e. The zero-order valence-electron chi connectivity index (χ0n) is 11.6. The van der Waals surface area contributed by atoms with Gasteiger partial charge in [-0.15, -0.1) is 0 Å². The molecule has 18 heavy (non-hydrogen) atoms. The lowest BCUT2D eigenvalue weighted by Gasteiger charge is -2.41. The predicted octanol–water partition coefficient (Wildman–Crippen LogP) is 3.18. The van der Waals surface area contributed by atoms with Crippen LogP contribution in [0.3, 0.4) is 0 Å². The van der Waals surface area contributed by atoms with Gasteiger partial charge in [0.1, 0.15) is 5.75 Å². The maximum absolute atomic E-state index is 5.28. The molecule has 1 fully saturated rings. The summed E-state index contributed by atoms with van der Waals surface area (Å²) in [4.78, 5) is 0. The van der Waals surface area contributed by atoms with Gasteiger partial charge in [0.25, 0.3) is 0 Å². The van der Waals surface area contributed by atoms with Gasteiger partial charge >= 0.3 is 0 Å². The van der Waals surface area contributed by atoms with E-state index in [1.54, 1.807) is 7.11 Å². The number of benzene rings is 1. The zero-order chi connectivity index (χ0) is 13.2. The highest BCUT2D eigenvalue weighted by molar-refractivity contribution is 5.30. The molecule has 1 aliphatic rings. The minimum Gasteiger partial charge on any atom is -0.497 e. The molecule has 1 heterocycles. The Kier molecular flexibility index (Phi) is 3.76. The normalized spacial score (nSPS) is 22.8. The molecule has 1 aromatic carbocycles. The molecule has 0 aliphatic carbocycles. The van der Waals surface area contributed by atoms with Crippen molar-refractivity contribution in [3.63, 3.8) is 0 Å². The van der Waals surface area contributed by atoms with E-state index in [0.29, 0.717) is 6.04 Å². The standard InChI is InChI=1S/C16H23NO/c1-12-8-9-17-15(16(12,2)3)11-13-6-5-7-14(10-13)18-4/h5-7,10,15,17H,1,8-9,11H2,2-4H3/t15-/m1/s1. The van der Waals surface area contributed by atoms with Crippen LogP contribution in [-0.2, 0) is 6.42 Å². The summed E-state index contributed by atoms with van der Waals surface area (Å²) >= 11 is 0. The smallest absolute Gasteiger partial charge is 0.119 e. The molecule has 98 valence electrons. The van der Waals surface area contributed by atoms with Gasteiger partial charge < -0.3 is 10.1 Å². The van der Waals surface area contributed by atoms with Crippen molar-refractivity contribution in [2.45, 2.75) is 32.7 Å². The zero-order valence-corrected chi connectivity index (χ0v) is 11.6. The first kappa shape index (κ1) is 13.2. The van der Waals surface area contributed by atoms with E-state index in [1.807, 2.05) is 6.07 Å². The first-order chi connectivity index (χ1) is 8.54. The van der Waals surface area contributed by atoms with Crippen LogP contribution in [0.25, 0.3) is 0 Å². The Labute approximate surface area is 110 Å². The second-order valence-electron chi connectivity index (χ2n) is 5.64. The highest BCUT2D eigenvalue weighted by Crippen LogP contribution is 2.36. The van der Waals surface area contributed by atoms with Gasteiger partial charge in [0.15, 0.2) is 0 Å². The van der Waals surface area contributed by atoms with Gasteiger partial charge in [-0.1, -0.05) is 38.1 Å². The van der Waals surface area contributed by atoms with Gasteiger partial charge in [-0.3, -0.25) is 0 Å². The van der Waals surface area contributed by atoms with Crippen LogP contribution in [0, 0.1) is 5.41 Å². The first-order valence-electron chi connectivity index (χ1n) is 6.58. The Bertz CT molecular complexity index is 436. The van der Waals surface area contributed by atoms with E-state index in [0.717, 1.165) is 25.1 Å². The molecule has 1 aromatic rings. The van der Waals surface area contributed by atoms with E-state index in [2.05, 4.69) is 43.9 Å². The van der Waals surface area contributed by atoms with Crippen LogP contribution >= 0.6 is 0 Å². The van der Waals surface area contributed by atoms with Crippen LogP contribution in [0.2, 0.25) is 0 Å². The summed E-state index contributed by atoms with van der Waals surface area (Å²) in [6, 6.07) is 8.78. The maximum Gasteiger partial charge on any atom is 0.119 e. The highest BCUT2D eigenvalue weighted by atomic mass is 16.5. The second kappa shape index (κ2) is 5.15. The Balaban J connectivity index is 2.14. The van der Waals surface area contributed by atoms with E-state index < -0.39 is 0 Å². The average molecular weight is 245 g/mol. The molecular weight excluding hydrogens is 222 g/mol. The molecule has 0 saturated carbocycles. The van der Waals surface area contributed by atoms with Crippen LogP contribution in [0.5, 0.6) is 5.75 Å². The quantitative estimate of drug-likeness (QED) is 0.826. The van der Waals surface area contributed by atoms with Crippen LogP contribution < -0.4 is 10.1 Å². The molecular formula is C16H23NO. The van der Waals surface area contributed by atoms with Crippen LogP contribution in [0.1, 0.15) is 25.8 Å². The molecule has 0 radical (unpaired) electrons. The molecule has 0 unspecified atom stereocenters. The lowest BCUT2D eigenvalue weighted by atomic mass is 9.72. The summed E-state index contributed by atoms with van der Waals surface area (Å²) in [6.07, 6.45) is 2.10. The van der Waals surface area contributed by atoms with Crippen LogP contribution in [0.4, 0.5) is 0 Å². The predicted molar refractivity (Wildman–Crippen MR) is 76.0 cm³/mol. The fourth-order valence-corrected chi connectivity index (χ4v) is 2.58. The summed E-state index contributed by atoms with van der Waals surface area (Å²) in [5.41, 5.74) is 2.82. The lowest BCUT2D eigenvalue weighted by Crippen LogP contribution is -2.49. The summed E-state index contributed by atoms with van der Waals surface area (Å²) < 4.78 is 5.28. The molecule has 0 amide bonds. The second-order valence-corrected chi connectivity index (χ2v) is 5.64. The molecule has 0 bridgehead atoms. The summed E-state index contributed by atoms with van der Waals surface area (Å²) in [5.74, 6) is 0.931. The number of nitrogens with one attached hydrogen (secondary N) is 1. The minimum atomic E-state index is 0.154. The SMILES string of the molecule is C=C1CCN[C@H](Cc2cccc(OC)c2)C1(C)C. The van der Waals surface area contributed by atoms with E-state index >= 15 is 0 Å². The molecule has 2 rings (SSSR count). The van der Waals surface area contributed by atoms with Crippen molar-refractivity contribution >= 4 is 0 Å². The molecule has 1 N–H and O–H groups in total. The third-order valence-electron chi connectivity index (χ3n) is 4.17. The van der Waals surface area contributed by atoms with Crippen molar-refractivity contribution in [3.05, 3.63) is 42.0 Å². The molecule has 2 nitrogen and oxygen atoms in total. The van der Waals surface area contributed by atoms with E-state index in [-0.39, 0.29) is 5.41 Å².